The molecule has 0 radical (unpaired) electrons. The Morgan fingerprint density at radius 2 is 1.91 bits per heavy atom. The number of benzene rings is 1. The van der Waals surface area contributed by atoms with Crippen molar-refractivity contribution < 1.29 is 9.53 Å². The number of aryl methyl sites for hydroxylation is 1. The number of amides is 1. The summed E-state index contributed by atoms with van der Waals surface area (Å²) in [5.41, 5.74) is 3.92. The van der Waals surface area contributed by atoms with E-state index < -0.39 is 0 Å². The highest BCUT2D eigenvalue weighted by Gasteiger charge is 2.29. The van der Waals surface area contributed by atoms with Crippen LogP contribution >= 0.6 is 11.3 Å². The van der Waals surface area contributed by atoms with Gasteiger partial charge >= 0.3 is 0 Å². The Bertz CT molecular complexity index is 750. The number of nitrogens with zero attached hydrogens (tertiary/aromatic N) is 1. The summed E-state index contributed by atoms with van der Waals surface area (Å²) in [6.07, 6.45) is 5.50. The largest absolute Gasteiger partial charge is 0.495 e. The summed E-state index contributed by atoms with van der Waals surface area (Å²) in [6.45, 7) is 1.50. The van der Waals surface area contributed by atoms with Crippen LogP contribution in [0.25, 0.3) is 0 Å². The van der Waals surface area contributed by atoms with E-state index in [9.17, 15) is 4.79 Å². The molecule has 23 heavy (non-hydrogen) atoms. The van der Waals surface area contributed by atoms with Crippen molar-refractivity contribution in [2.24, 2.45) is 0 Å². The number of fused-ring (bicyclic) bond motifs is 2. The topological polar surface area (TPSA) is 29.5 Å². The van der Waals surface area contributed by atoms with Crippen LogP contribution in [0.4, 0.5) is 0 Å². The second-order valence-electron chi connectivity index (χ2n) is 6.32. The number of methoxy groups -OCH3 is 1. The van der Waals surface area contributed by atoms with Crippen molar-refractivity contribution >= 4 is 17.2 Å². The first-order valence-electron chi connectivity index (χ1n) is 8.32. The van der Waals surface area contributed by atoms with Gasteiger partial charge in [0.25, 0.3) is 5.91 Å². The fraction of sp³-hybridized carbons (Fsp3) is 0.421. The van der Waals surface area contributed by atoms with Gasteiger partial charge in [-0.3, -0.25) is 4.79 Å². The van der Waals surface area contributed by atoms with E-state index in [1.54, 1.807) is 18.4 Å². The van der Waals surface area contributed by atoms with Gasteiger partial charge in [-0.05, 0) is 43.2 Å². The van der Waals surface area contributed by atoms with Gasteiger partial charge in [0.2, 0.25) is 0 Å². The summed E-state index contributed by atoms with van der Waals surface area (Å²) in [5.74, 6) is 0.976. The molecule has 0 N–H and O–H groups in total. The lowest BCUT2D eigenvalue weighted by Gasteiger charge is -2.28. The van der Waals surface area contributed by atoms with E-state index >= 15 is 0 Å². The molecular weight excluding hydrogens is 306 g/mol. The molecule has 0 spiro atoms. The van der Waals surface area contributed by atoms with Crippen LogP contribution in [0.5, 0.6) is 5.75 Å². The molecule has 1 aliphatic heterocycles. The number of thiophene rings is 1. The van der Waals surface area contributed by atoms with Crippen LogP contribution in [0.1, 0.15) is 44.1 Å². The van der Waals surface area contributed by atoms with E-state index in [1.165, 1.54) is 34.4 Å². The molecule has 0 atom stereocenters. The zero-order valence-electron chi connectivity index (χ0n) is 13.4. The van der Waals surface area contributed by atoms with Crippen LogP contribution in [-0.4, -0.2) is 24.5 Å². The molecule has 1 aromatic heterocycles. The maximum absolute atomic E-state index is 13.1. The first-order chi connectivity index (χ1) is 11.3. The third kappa shape index (κ3) is 2.55. The second-order valence-corrected chi connectivity index (χ2v) is 7.42. The van der Waals surface area contributed by atoms with E-state index in [-0.39, 0.29) is 5.91 Å². The lowest BCUT2D eigenvalue weighted by Crippen LogP contribution is -2.35. The van der Waals surface area contributed by atoms with Gasteiger partial charge in [0.05, 0.1) is 7.11 Å². The van der Waals surface area contributed by atoms with Crippen LogP contribution in [0.15, 0.2) is 24.3 Å². The number of carbonyl (C=O) groups excluding carboxylic acids is 1. The minimum absolute atomic E-state index is 0.135. The van der Waals surface area contributed by atoms with Crippen molar-refractivity contribution in [3.63, 3.8) is 0 Å². The zero-order valence-corrected chi connectivity index (χ0v) is 14.2. The normalized spacial score (nSPS) is 16.7. The van der Waals surface area contributed by atoms with E-state index in [2.05, 4.69) is 24.3 Å². The van der Waals surface area contributed by atoms with Crippen LogP contribution in [0, 0.1) is 0 Å². The molecule has 2 aliphatic rings. The van der Waals surface area contributed by atoms with Gasteiger partial charge in [0.15, 0.2) is 0 Å². The quantitative estimate of drug-likeness (QED) is 0.839. The van der Waals surface area contributed by atoms with Crippen LogP contribution in [-0.2, 0) is 25.8 Å². The molecule has 120 valence electrons. The first kappa shape index (κ1) is 14.8. The maximum Gasteiger partial charge on any atom is 0.268 e. The molecule has 3 nitrogen and oxygen atoms in total. The summed E-state index contributed by atoms with van der Waals surface area (Å²) in [4.78, 5) is 17.2. The minimum atomic E-state index is 0.135. The lowest BCUT2D eigenvalue weighted by atomic mass is 9.97. The van der Waals surface area contributed by atoms with Gasteiger partial charge in [-0.1, -0.05) is 24.3 Å². The summed E-state index contributed by atoms with van der Waals surface area (Å²) in [5, 5.41) is 0. The molecule has 2 aromatic rings. The molecule has 0 saturated heterocycles. The summed E-state index contributed by atoms with van der Waals surface area (Å²) in [6, 6.07) is 8.43. The van der Waals surface area contributed by atoms with E-state index in [0.29, 0.717) is 6.54 Å². The maximum atomic E-state index is 13.1. The van der Waals surface area contributed by atoms with E-state index in [0.717, 1.165) is 36.4 Å². The number of hydrogen-bond donors (Lipinski definition) is 0. The molecule has 0 bridgehead atoms. The fourth-order valence-electron chi connectivity index (χ4n) is 3.71. The Morgan fingerprint density at radius 1 is 1.13 bits per heavy atom. The monoisotopic (exact) mass is 327 g/mol. The van der Waals surface area contributed by atoms with Crippen molar-refractivity contribution in [3.05, 3.63) is 50.7 Å². The Labute approximate surface area is 140 Å². The van der Waals surface area contributed by atoms with Crippen LogP contribution in [0.2, 0.25) is 0 Å². The van der Waals surface area contributed by atoms with Gasteiger partial charge in [-0.15, -0.1) is 11.3 Å². The second kappa shape index (κ2) is 6.00. The standard InChI is InChI=1S/C19H21NO2S/c1-22-17-15-8-4-5-9-16(15)23-18(17)19(21)20-11-10-13-6-2-3-7-14(13)12-20/h2-3,6-7H,4-5,8-12H2,1H3. The first-order valence-corrected chi connectivity index (χ1v) is 9.14. The van der Waals surface area contributed by atoms with Gasteiger partial charge in [-0.2, -0.15) is 0 Å². The molecule has 0 fully saturated rings. The van der Waals surface area contributed by atoms with Crippen LogP contribution in [0.3, 0.4) is 0 Å². The molecule has 0 saturated carbocycles. The molecular formula is C19H21NO2S. The SMILES string of the molecule is COc1c(C(=O)N2CCc3ccccc3C2)sc2c1CCCC2. The number of hydrogen-bond acceptors (Lipinski definition) is 3. The van der Waals surface area contributed by atoms with Gasteiger partial charge in [0, 0.05) is 23.5 Å². The molecule has 0 unspecified atom stereocenters. The molecule has 4 heteroatoms. The highest BCUT2D eigenvalue weighted by molar-refractivity contribution is 7.14. The Kier molecular flexibility index (Phi) is 3.85. The Balaban J connectivity index is 1.64. The Hall–Kier alpha value is -1.81. The third-order valence-corrected chi connectivity index (χ3v) is 6.20. The molecule has 1 amide bonds. The predicted molar refractivity (Wildman–Crippen MR) is 92.4 cm³/mol. The van der Waals surface area contributed by atoms with Crippen molar-refractivity contribution in [3.8, 4) is 5.75 Å². The van der Waals surface area contributed by atoms with Crippen molar-refractivity contribution in [1.82, 2.24) is 4.90 Å². The van der Waals surface area contributed by atoms with Gasteiger partial charge in [0.1, 0.15) is 10.6 Å². The van der Waals surface area contributed by atoms with Gasteiger partial charge < -0.3 is 9.64 Å². The number of ether oxygens (including phenoxy) is 1. The lowest BCUT2D eigenvalue weighted by molar-refractivity contribution is 0.0736. The average molecular weight is 327 g/mol. The molecule has 1 aliphatic carbocycles. The van der Waals surface area contributed by atoms with Crippen molar-refractivity contribution in [1.29, 1.82) is 0 Å². The number of carbonyl (C=O) groups is 1. The van der Waals surface area contributed by atoms with Crippen molar-refractivity contribution in [2.45, 2.75) is 38.6 Å². The molecule has 1 aromatic carbocycles. The fourth-order valence-corrected chi connectivity index (χ4v) is 5.03. The van der Waals surface area contributed by atoms with Gasteiger partial charge in [-0.25, -0.2) is 0 Å². The smallest absolute Gasteiger partial charge is 0.268 e. The summed E-state index contributed by atoms with van der Waals surface area (Å²) in [7, 11) is 1.69. The third-order valence-electron chi connectivity index (χ3n) is 4.94. The molecule has 4 rings (SSSR count). The van der Waals surface area contributed by atoms with E-state index in [4.69, 9.17) is 4.74 Å². The molecule has 2 heterocycles. The Morgan fingerprint density at radius 3 is 2.74 bits per heavy atom. The average Bonchev–Trinajstić information content (AvgIpc) is 2.99. The summed E-state index contributed by atoms with van der Waals surface area (Å²) >= 11 is 1.65. The summed E-state index contributed by atoms with van der Waals surface area (Å²) < 4.78 is 5.63. The predicted octanol–water partition coefficient (Wildman–Crippen LogP) is 3.83. The zero-order chi connectivity index (χ0) is 15.8. The number of rotatable bonds is 2. The highest BCUT2D eigenvalue weighted by Crippen LogP contribution is 2.40. The van der Waals surface area contributed by atoms with Crippen LogP contribution < -0.4 is 4.74 Å². The van der Waals surface area contributed by atoms with Crippen molar-refractivity contribution in [2.75, 3.05) is 13.7 Å². The minimum Gasteiger partial charge on any atom is -0.495 e. The van der Waals surface area contributed by atoms with E-state index in [1.807, 2.05) is 4.90 Å². The highest BCUT2D eigenvalue weighted by atomic mass is 32.1.